The van der Waals surface area contributed by atoms with Crippen LogP contribution in [-0.4, -0.2) is 5.92 Å². The fourth-order valence-electron chi connectivity index (χ4n) is 1.51. The van der Waals surface area contributed by atoms with Crippen molar-refractivity contribution < 1.29 is 8.78 Å². The summed E-state index contributed by atoms with van der Waals surface area (Å²) in [5.41, 5.74) is 0. The van der Waals surface area contributed by atoms with Gasteiger partial charge in [-0.2, -0.15) is 0 Å². The molecule has 0 aliphatic heterocycles. The van der Waals surface area contributed by atoms with E-state index in [0.29, 0.717) is 5.92 Å². The van der Waals surface area contributed by atoms with E-state index in [1.54, 1.807) is 0 Å². The normalized spacial score (nSPS) is 22.8. The minimum atomic E-state index is -2.34. The molecule has 0 bridgehead atoms. The number of hydrogen-bond acceptors (Lipinski definition) is 0. The smallest absolute Gasteiger partial charge is 0.207 e. The van der Waals surface area contributed by atoms with E-state index >= 15 is 0 Å². The van der Waals surface area contributed by atoms with Crippen molar-refractivity contribution in [1.29, 1.82) is 0 Å². The SMILES string of the molecule is CC.CCC1CCC(F)(F)CC1. The van der Waals surface area contributed by atoms with E-state index in [0.717, 1.165) is 19.3 Å². The Kier molecular flexibility index (Phi) is 5.43. The lowest BCUT2D eigenvalue weighted by molar-refractivity contribution is -0.0460. The summed E-state index contributed by atoms with van der Waals surface area (Å²) in [7, 11) is 0. The van der Waals surface area contributed by atoms with Crippen LogP contribution in [0.5, 0.6) is 0 Å². The Morgan fingerprint density at radius 1 is 1.17 bits per heavy atom. The molecule has 1 fully saturated rings. The van der Waals surface area contributed by atoms with Crippen LogP contribution in [0.25, 0.3) is 0 Å². The Morgan fingerprint density at radius 3 is 1.92 bits per heavy atom. The van der Waals surface area contributed by atoms with E-state index in [-0.39, 0.29) is 12.8 Å². The number of alkyl halides is 2. The molecule has 74 valence electrons. The number of hydrogen-bond donors (Lipinski definition) is 0. The summed E-state index contributed by atoms with van der Waals surface area (Å²) < 4.78 is 25.0. The Balaban J connectivity index is 0.000000561. The first-order chi connectivity index (χ1) is 5.64. The lowest BCUT2D eigenvalue weighted by atomic mass is 9.85. The van der Waals surface area contributed by atoms with Gasteiger partial charge in [0.2, 0.25) is 5.92 Å². The molecule has 1 aliphatic rings. The predicted molar refractivity (Wildman–Crippen MR) is 48.5 cm³/mol. The van der Waals surface area contributed by atoms with Crippen molar-refractivity contribution in [1.82, 2.24) is 0 Å². The summed E-state index contributed by atoms with van der Waals surface area (Å²) in [4.78, 5) is 0. The zero-order valence-corrected chi connectivity index (χ0v) is 8.37. The van der Waals surface area contributed by atoms with Crippen LogP contribution in [0.3, 0.4) is 0 Å². The van der Waals surface area contributed by atoms with Gasteiger partial charge in [-0.1, -0.05) is 27.2 Å². The van der Waals surface area contributed by atoms with Crippen LogP contribution in [0, 0.1) is 5.92 Å². The molecule has 0 aromatic rings. The minimum Gasteiger partial charge on any atom is -0.207 e. The molecule has 12 heavy (non-hydrogen) atoms. The van der Waals surface area contributed by atoms with Crippen LogP contribution in [0.1, 0.15) is 52.9 Å². The molecule has 0 unspecified atom stereocenters. The number of halogens is 2. The van der Waals surface area contributed by atoms with Gasteiger partial charge in [-0.25, -0.2) is 8.78 Å². The summed E-state index contributed by atoms with van der Waals surface area (Å²) in [6.45, 7) is 6.08. The van der Waals surface area contributed by atoms with E-state index in [2.05, 4.69) is 6.92 Å². The van der Waals surface area contributed by atoms with E-state index in [1.165, 1.54) is 0 Å². The van der Waals surface area contributed by atoms with Crippen LogP contribution in [0.15, 0.2) is 0 Å². The van der Waals surface area contributed by atoms with Gasteiger partial charge in [-0.05, 0) is 18.8 Å². The predicted octanol–water partition coefficient (Wildman–Crippen LogP) is 4.25. The molecule has 1 rings (SSSR count). The molecule has 0 nitrogen and oxygen atoms in total. The first-order valence-electron chi connectivity index (χ1n) is 5.02. The van der Waals surface area contributed by atoms with E-state index in [1.807, 2.05) is 13.8 Å². The van der Waals surface area contributed by atoms with Crippen LogP contribution in [0.2, 0.25) is 0 Å². The maximum atomic E-state index is 12.5. The quantitative estimate of drug-likeness (QED) is 0.563. The monoisotopic (exact) mass is 178 g/mol. The first-order valence-corrected chi connectivity index (χ1v) is 5.02. The van der Waals surface area contributed by atoms with Gasteiger partial charge in [0.15, 0.2) is 0 Å². The summed E-state index contributed by atoms with van der Waals surface area (Å²) in [6, 6.07) is 0. The molecule has 0 heterocycles. The fraction of sp³-hybridized carbons (Fsp3) is 1.00. The van der Waals surface area contributed by atoms with Crippen LogP contribution >= 0.6 is 0 Å². The van der Waals surface area contributed by atoms with E-state index < -0.39 is 5.92 Å². The standard InChI is InChI=1S/C8H14F2.C2H6/c1-2-7-3-5-8(9,10)6-4-7;1-2/h7H,2-6H2,1H3;1-2H3. The molecule has 1 aliphatic carbocycles. The molecule has 0 radical (unpaired) electrons. The highest BCUT2D eigenvalue weighted by molar-refractivity contribution is 4.76. The minimum absolute atomic E-state index is 0.117. The third kappa shape index (κ3) is 4.03. The van der Waals surface area contributed by atoms with Gasteiger partial charge in [0, 0.05) is 12.8 Å². The van der Waals surface area contributed by atoms with Crippen LogP contribution in [-0.2, 0) is 0 Å². The summed E-state index contributed by atoms with van der Waals surface area (Å²) >= 11 is 0. The van der Waals surface area contributed by atoms with Crippen molar-refractivity contribution in [2.45, 2.75) is 58.8 Å². The maximum Gasteiger partial charge on any atom is 0.248 e. The molecule has 0 spiro atoms. The van der Waals surface area contributed by atoms with E-state index in [4.69, 9.17) is 0 Å². The Labute approximate surface area is 74.4 Å². The maximum absolute atomic E-state index is 12.5. The molecule has 0 N–H and O–H groups in total. The molecule has 2 heteroatoms. The highest BCUT2D eigenvalue weighted by atomic mass is 19.3. The van der Waals surface area contributed by atoms with Crippen molar-refractivity contribution in [2.75, 3.05) is 0 Å². The third-order valence-corrected chi connectivity index (χ3v) is 2.41. The fourth-order valence-corrected chi connectivity index (χ4v) is 1.51. The van der Waals surface area contributed by atoms with Crippen molar-refractivity contribution in [2.24, 2.45) is 5.92 Å². The van der Waals surface area contributed by atoms with Crippen molar-refractivity contribution in [3.63, 3.8) is 0 Å². The van der Waals surface area contributed by atoms with Gasteiger partial charge in [-0.3, -0.25) is 0 Å². The third-order valence-electron chi connectivity index (χ3n) is 2.41. The lowest BCUT2D eigenvalue weighted by Gasteiger charge is -2.27. The largest absolute Gasteiger partial charge is 0.248 e. The Morgan fingerprint density at radius 2 is 1.58 bits per heavy atom. The van der Waals surface area contributed by atoms with Crippen LogP contribution < -0.4 is 0 Å². The van der Waals surface area contributed by atoms with Crippen LogP contribution in [0.4, 0.5) is 8.78 Å². The second kappa shape index (κ2) is 5.50. The van der Waals surface area contributed by atoms with Gasteiger partial charge < -0.3 is 0 Å². The molecule has 0 aromatic carbocycles. The van der Waals surface area contributed by atoms with Crippen molar-refractivity contribution >= 4 is 0 Å². The second-order valence-electron chi connectivity index (χ2n) is 3.21. The highest BCUT2D eigenvalue weighted by Gasteiger charge is 2.33. The molecular formula is C10H20F2. The molecular weight excluding hydrogens is 158 g/mol. The first kappa shape index (κ1) is 11.9. The van der Waals surface area contributed by atoms with Gasteiger partial charge in [0.1, 0.15) is 0 Å². The molecule has 0 atom stereocenters. The Bertz CT molecular complexity index is 100. The molecule has 0 saturated heterocycles. The summed E-state index contributed by atoms with van der Waals surface area (Å²) in [5, 5.41) is 0. The second-order valence-corrected chi connectivity index (χ2v) is 3.21. The average molecular weight is 178 g/mol. The highest BCUT2D eigenvalue weighted by Crippen LogP contribution is 2.36. The zero-order chi connectivity index (χ0) is 9.61. The summed E-state index contributed by atoms with van der Waals surface area (Å²) in [6.07, 6.45) is 2.75. The van der Waals surface area contributed by atoms with Gasteiger partial charge in [0.05, 0.1) is 0 Å². The van der Waals surface area contributed by atoms with E-state index in [9.17, 15) is 8.78 Å². The number of rotatable bonds is 1. The molecule has 0 amide bonds. The lowest BCUT2D eigenvalue weighted by Crippen LogP contribution is -2.24. The van der Waals surface area contributed by atoms with Gasteiger partial charge in [-0.15, -0.1) is 0 Å². The van der Waals surface area contributed by atoms with Crippen molar-refractivity contribution in [3.8, 4) is 0 Å². The average Bonchev–Trinajstić information content (AvgIpc) is 2.08. The topological polar surface area (TPSA) is 0 Å². The molecule has 0 aromatic heterocycles. The van der Waals surface area contributed by atoms with Gasteiger partial charge >= 0.3 is 0 Å². The zero-order valence-electron chi connectivity index (χ0n) is 8.37. The summed E-state index contributed by atoms with van der Waals surface area (Å²) in [5.74, 6) is -1.77. The Hall–Kier alpha value is -0.140. The van der Waals surface area contributed by atoms with Gasteiger partial charge in [0.25, 0.3) is 0 Å². The van der Waals surface area contributed by atoms with Crippen molar-refractivity contribution in [3.05, 3.63) is 0 Å². The molecule has 1 saturated carbocycles.